The minimum absolute atomic E-state index is 0.216. The van der Waals surface area contributed by atoms with E-state index >= 15 is 0 Å². The van der Waals surface area contributed by atoms with Crippen molar-refractivity contribution in [3.05, 3.63) is 0 Å². The molecule has 0 aromatic rings. The van der Waals surface area contributed by atoms with Gasteiger partial charge in [-0.1, -0.05) is 26.7 Å². The number of carbonyl (C=O) groups is 1. The molecule has 18 heavy (non-hydrogen) atoms. The van der Waals surface area contributed by atoms with E-state index in [2.05, 4.69) is 19.2 Å². The van der Waals surface area contributed by atoms with Crippen LogP contribution >= 0.6 is 0 Å². The van der Waals surface area contributed by atoms with Crippen LogP contribution in [0.4, 0.5) is 0 Å². The summed E-state index contributed by atoms with van der Waals surface area (Å²) >= 11 is 0. The number of carbonyl (C=O) groups excluding carboxylic acids is 1. The van der Waals surface area contributed by atoms with Gasteiger partial charge in [-0.3, -0.25) is 4.79 Å². The smallest absolute Gasteiger partial charge is 0.226 e. The normalized spacial score (nSPS) is 29.7. The first-order valence-corrected chi connectivity index (χ1v) is 7.39. The van der Waals surface area contributed by atoms with Crippen LogP contribution in [0.15, 0.2) is 0 Å². The lowest BCUT2D eigenvalue weighted by atomic mass is 9.77. The third-order valence-corrected chi connectivity index (χ3v) is 5.03. The predicted octanol–water partition coefficient (Wildman–Crippen LogP) is 2.89. The van der Waals surface area contributed by atoms with E-state index in [1.54, 1.807) is 7.11 Å². The van der Waals surface area contributed by atoms with Gasteiger partial charge >= 0.3 is 0 Å². The molecule has 2 aliphatic carbocycles. The van der Waals surface area contributed by atoms with E-state index in [9.17, 15) is 4.79 Å². The van der Waals surface area contributed by atoms with Crippen LogP contribution in [0.25, 0.3) is 0 Å². The van der Waals surface area contributed by atoms with Crippen molar-refractivity contribution in [3.63, 3.8) is 0 Å². The van der Waals surface area contributed by atoms with Crippen molar-refractivity contribution in [2.24, 2.45) is 11.3 Å². The van der Waals surface area contributed by atoms with Gasteiger partial charge in [-0.15, -0.1) is 0 Å². The highest BCUT2D eigenvalue weighted by atomic mass is 16.5. The van der Waals surface area contributed by atoms with E-state index in [0.29, 0.717) is 5.92 Å². The summed E-state index contributed by atoms with van der Waals surface area (Å²) in [5.74, 6) is 0.781. The van der Waals surface area contributed by atoms with Gasteiger partial charge in [-0.05, 0) is 38.0 Å². The van der Waals surface area contributed by atoms with Crippen LogP contribution in [0.3, 0.4) is 0 Å². The highest BCUT2D eigenvalue weighted by molar-refractivity contribution is 5.82. The van der Waals surface area contributed by atoms with Crippen molar-refractivity contribution in [1.29, 1.82) is 0 Å². The van der Waals surface area contributed by atoms with E-state index in [0.717, 1.165) is 19.3 Å². The van der Waals surface area contributed by atoms with Gasteiger partial charge in [-0.2, -0.15) is 0 Å². The minimum Gasteiger partial charge on any atom is -0.379 e. The molecule has 0 bridgehead atoms. The molecular formula is C15H27NO2. The number of hydrogen-bond acceptors (Lipinski definition) is 2. The molecule has 0 saturated heterocycles. The fourth-order valence-electron chi connectivity index (χ4n) is 3.56. The van der Waals surface area contributed by atoms with Crippen LogP contribution in [0.1, 0.15) is 58.8 Å². The summed E-state index contributed by atoms with van der Waals surface area (Å²) in [6.07, 6.45) is 8.49. The summed E-state index contributed by atoms with van der Waals surface area (Å²) in [6.45, 7) is 4.21. The molecular weight excluding hydrogens is 226 g/mol. The van der Waals surface area contributed by atoms with Crippen LogP contribution in [-0.4, -0.2) is 25.2 Å². The Morgan fingerprint density at radius 1 is 1.11 bits per heavy atom. The Balaban J connectivity index is 1.93. The number of hydrogen-bond donors (Lipinski definition) is 1. The van der Waals surface area contributed by atoms with E-state index < -0.39 is 0 Å². The number of ether oxygens (including phenoxy) is 1. The molecule has 0 aromatic heterocycles. The Hall–Kier alpha value is -0.570. The van der Waals surface area contributed by atoms with Crippen LogP contribution in [0.2, 0.25) is 0 Å². The Labute approximate surface area is 111 Å². The molecule has 3 nitrogen and oxygen atoms in total. The largest absolute Gasteiger partial charge is 0.379 e. The first kappa shape index (κ1) is 13.9. The molecule has 2 saturated carbocycles. The van der Waals surface area contributed by atoms with Crippen LogP contribution in [0, 0.1) is 11.3 Å². The fraction of sp³-hybridized carbons (Fsp3) is 0.933. The zero-order valence-corrected chi connectivity index (χ0v) is 12.0. The maximum atomic E-state index is 12.5. The van der Waals surface area contributed by atoms with Crippen molar-refractivity contribution in [2.75, 3.05) is 7.11 Å². The SMILES string of the molecule is CO[C@@H]1CCC[C@H]1NC(=O)C(C)(C)C1CCCC1. The Kier molecular flexibility index (Phi) is 4.31. The molecule has 3 heteroatoms. The van der Waals surface area contributed by atoms with Crippen molar-refractivity contribution < 1.29 is 9.53 Å². The van der Waals surface area contributed by atoms with E-state index in [-0.39, 0.29) is 23.5 Å². The second-order valence-corrected chi connectivity index (χ2v) is 6.49. The van der Waals surface area contributed by atoms with E-state index in [1.807, 2.05) is 0 Å². The molecule has 0 aliphatic heterocycles. The summed E-state index contributed by atoms with van der Waals surface area (Å²) in [4.78, 5) is 12.5. The maximum Gasteiger partial charge on any atom is 0.226 e. The molecule has 2 fully saturated rings. The molecule has 2 atom stereocenters. The average Bonchev–Trinajstić information content (AvgIpc) is 2.99. The van der Waals surface area contributed by atoms with Gasteiger partial charge in [0.1, 0.15) is 0 Å². The lowest BCUT2D eigenvalue weighted by molar-refractivity contribution is -0.133. The fourth-order valence-corrected chi connectivity index (χ4v) is 3.56. The molecule has 2 rings (SSSR count). The third-order valence-electron chi connectivity index (χ3n) is 5.03. The molecule has 1 N–H and O–H groups in total. The Morgan fingerprint density at radius 2 is 1.78 bits per heavy atom. The lowest BCUT2D eigenvalue weighted by Gasteiger charge is -2.32. The van der Waals surface area contributed by atoms with Gasteiger partial charge in [-0.25, -0.2) is 0 Å². The van der Waals surface area contributed by atoms with Gasteiger partial charge in [0, 0.05) is 12.5 Å². The predicted molar refractivity (Wildman–Crippen MR) is 72.3 cm³/mol. The Bertz CT molecular complexity index is 295. The first-order chi connectivity index (χ1) is 8.55. The van der Waals surface area contributed by atoms with Crippen LogP contribution in [-0.2, 0) is 9.53 Å². The van der Waals surface area contributed by atoms with Gasteiger partial charge < -0.3 is 10.1 Å². The van der Waals surface area contributed by atoms with E-state index in [4.69, 9.17) is 4.74 Å². The number of methoxy groups -OCH3 is 1. The number of rotatable bonds is 4. The second-order valence-electron chi connectivity index (χ2n) is 6.49. The Morgan fingerprint density at radius 3 is 2.39 bits per heavy atom. The van der Waals surface area contributed by atoms with Crippen molar-refractivity contribution in [1.82, 2.24) is 5.32 Å². The third kappa shape index (κ3) is 2.71. The molecule has 1 amide bonds. The maximum absolute atomic E-state index is 12.5. The lowest BCUT2D eigenvalue weighted by Crippen LogP contribution is -2.48. The second kappa shape index (κ2) is 5.60. The van der Waals surface area contributed by atoms with Gasteiger partial charge in [0.15, 0.2) is 0 Å². The topological polar surface area (TPSA) is 38.3 Å². The zero-order valence-electron chi connectivity index (χ0n) is 12.0. The highest BCUT2D eigenvalue weighted by Crippen LogP contribution is 2.40. The summed E-state index contributed by atoms with van der Waals surface area (Å²) < 4.78 is 5.45. The van der Waals surface area contributed by atoms with Gasteiger partial charge in [0.25, 0.3) is 0 Å². The molecule has 0 radical (unpaired) electrons. The summed E-state index contributed by atoms with van der Waals surface area (Å²) in [5.41, 5.74) is -0.225. The molecule has 0 aromatic carbocycles. The van der Waals surface area contributed by atoms with Crippen molar-refractivity contribution in [3.8, 4) is 0 Å². The quantitative estimate of drug-likeness (QED) is 0.836. The zero-order chi connectivity index (χ0) is 13.2. The summed E-state index contributed by atoms with van der Waals surface area (Å²) in [5, 5.41) is 3.23. The minimum atomic E-state index is -0.225. The standard InChI is InChI=1S/C15H27NO2/c1-15(2,11-7-4-5-8-11)14(17)16-12-9-6-10-13(12)18-3/h11-13H,4-10H2,1-3H3,(H,16,17)/t12-,13-/m1/s1. The average molecular weight is 253 g/mol. The molecule has 0 heterocycles. The summed E-state index contributed by atoms with van der Waals surface area (Å²) in [7, 11) is 1.75. The first-order valence-electron chi connectivity index (χ1n) is 7.39. The van der Waals surface area contributed by atoms with Gasteiger partial charge in [0.2, 0.25) is 5.91 Å². The van der Waals surface area contributed by atoms with Crippen molar-refractivity contribution >= 4 is 5.91 Å². The number of amides is 1. The van der Waals surface area contributed by atoms with E-state index in [1.165, 1.54) is 25.7 Å². The highest BCUT2D eigenvalue weighted by Gasteiger charge is 2.40. The number of nitrogens with one attached hydrogen (secondary N) is 1. The molecule has 0 unspecified atom stereocenters. The van der Waals surface area contributed by atoms with Crippen molar-refractivity contribution in [2.45, 2.75) is 70.9 Å². The van der Waals surface area contributed by atoms with Crippen LogP contribution < -0.4 is 5.32 Å². The van der Waals surface area contributed by atoms with Gasteiger partial charge in [0.05, 0.1) is 12.1 Å². The molecule has 2 aliphatic rings. The summed E-state index contributed by atoms with van der Waals surface area (Å²) in [6, 6.07) is 0.225. The van der Waals surface area contributed by atoms with Crippen LogP contribution in [0.5, 0.6) is 0 Å². The monoisotopic (exact) mass is 253 g/mol. The molecule has 104 valence electrons. The molecule has 0 spiro atoms.